The molecule has 0 aliphatic rings. The minimum Gasteiger partial charge on any atom is -0.507 e. The van der Waals surface area contributed by atoms with Gasteiger partial charge in [-0.25, -0.2) is 0 Å². The molecule has 4 nitrogen and oxygen atoms in total. The molecule has 2 aromatic carbocycles. The zero-order valence-electron chi connectivity index (χ0n) is 21.3. The Morgan fingerprint density at radius 2 is 0.969 bits per heavy atom. The van der Waals surface area contributed by atoms with E-state index in [1.54, 1.807) is 0 Å². The second kappa shape index (κ2) is 10.5. The molecule has 0 spiro atoms. The Bertz CT molecular complexity index is 826. The summed E-state index contributed by atoms with van der Waals surface area (Å²) < 4.78 is 12.0. The molecule has 0 fully saturated rings. The average Bonchev–Trinajstić information content (AvgIpc) is 2.69. The van der Waals surface area contributed by atoms with Crippen molar-refractivity contribution in [3.05, 3.63) is 35.4 Å². The van der Waals surface area contributed by atoms with Gasteiger partial charge in [0.1, 0.15) is 23.0 Å². The number of hydrogen-bond donors (Lipinski definition) is 2. The van der Waals surface area contributed by atoms with Crippen LogP contribution in [-0.2, 0) is 10.8 Å². The van der Waals surface area contributed by atoms with Gasteiger partial charge in [0.25, 0.3) is 0 Å². The van der Waals surface area contributed by atoms with E-state index in [0.29, 0.717) is 35.8 Å². The molecule has 32 heavy (non-hydrogen) atoms. The Kier molecular flexibility index (Phi) is 8.50. The normalized spacial score (nSPS) is 12.1. The van der Waals surface area contributed by atoms with Crippen LogP contribution in [0.25, 0.3) is 11.1 Å². The first-order valence-electron chi connectivity index (χ1n) is 11.9. The summed E-state index contributed by atoms with van der Waals surface area (Å²) in [6, 6.07) is 7.49. The molecular weight excluding hydrogens is 400 g/mol. The highest BCUT2D eigenvalue weighted by molar-refractivity contribution is 5.81. The maximum Gasteiger partial charge on any atom is 0.127 e. The highest BCUT2D eigenvalue weighted by Crippen LogP contribution is 2.48. The molecule has 0 aliphatic heterocycles. The van der Waals surface area contributed by atoms with Crippen molar-refractivity contribution in [3.63, 3.8) is 0 Å². The summed E-state index contributed by atoms with van der Waals surface area (Å²) >= 11 is 0. The molecule has 2 rings (SSSR count). The Balaban J connectivity index is 2.72. The fraction of sp³-hybridized carbons (Fsp3) is 0.571. The molecule has 2 N–H and O–H groups in total. The first kappa shape index (κ1) is 25.9. The molecule has 0 aromatic heterocycles. The number of hydrogen-bond acceptors (Lipinski definition) is 4. The largest absolute Gasteiger partial charge is 0.507 e. The number of benzene rings is 2. The summed E-state index contributed by atoms with van der Waals surface area (Å²) in [5.74, 6) is 1.73. The lowest BCUT2D eigenvalue weighted by atomic mass is 9.81. The number of phenolic OH excluding ortho intramolecular Hbond substituents is 2. The van der Waals surface area contributed by atoms with Gasteiger partial charge in [-0.1, -0.05) is 68.2 Å². The molecule has 0 radical (unpaired) electrons. The van der Waals surface area contributed by atoms with E-state index in [1.807, 2.05) is 24.3 Å². The van der Waals surface area contributed by atoms with Gasteiger partial charge in [-0.15, -0.1) is 0 Å². The third-order valence-electron chi connectivity index (χ3n) is 5.61. The van der Waals surface area contributed by atoms with Crippen molar-refractivity contribution in [2.75, 3.05) is 13.2 Å². The van der Waals surface area contributed by atoms with Gasteiger partial charge in [0, 0.05) is 22.3 Å². The van der Waals surface area contributed by atoms with E-state index in [0.717, 1.165) is 36.8 Å². The summed E-state index contributed by atoms with van der Waals surface area (Å²) in [7, 11) is 0. The first-order chi connectivity index (χ1) is 14.9. The molecule has 178 valence electrons. The number of ether oxygens (including phenoxy) is 2. The molecule has 0 heterocycles. The van der Waals surface area contributed by atoms with Crippen LogP contribution in [0.1, 0.15) is 92.2 Å². The SMILES string of the molecule is CCCCOc1cc(-c2cc(OCCCC)cc(C(C)(C)C)c2O)c(O)c(C(C)(C)C)c1. The average molecular weight is 443 g/mol. The van der Waals surface area contributed by atoms with Crippen molar-refractivity contribution in [2.45, 2.75) is 91.9 Å². The molecule has 4 heteroatoms. The summed E-state index contributed by atoms with van der Waals surface area (Å²) in [4.78, 5) is 0. The minimum absolute atomic E-state index is 0.168. The zero-order chi connectivity index (χ0) is 24.1. The molecule has 0 bridgehead atoms. The minimum atomic E-state index is -0.291. The highest BCUT2D eigenvalue weighted by atomic mass is 16.5. The lowest BCUT2D eigenvalue weighted by Gasteiger charge is -2.26. The van der Waals surface area contributed by atoms with E-state index in [2.05, 4.69) is 55.4 Å². The van der Waals surface area contributed by atoms with E-state index < -0.39 is 0 Å². The standard InChI is InChI=1S/C28H42O4/c1-9-11-13-31-19-15-21(25(29)23(17-19)27(3,4)5)22-16-20(32-14-12-10-2)18-24(26(22)30)28(6,7)8/h15-18,29-30H,9-14H2,1-8H3. The predicted octanol–water partition coefficient (Wildman–Crippen LogP) is 7.72. The quantitative estimate of drug-likeness (QED) is 0.390. The predicted molar refractivity (Wildman–Crippen MR) is 133 cm³/mol. The number of unbranched alkanes of at least 4 members (excludes halogenated alkanes) is 2. The second-order valence-electron chi connectivity index (χ2n) is 10.6. The number of phenols is 2. The molecule has 0 saturated carbocycles. The molecule has 0 atom stereocenters. The van der Waals surface area contributed by atoms with Gasteiger partial charge in [-0.05, 0) is 47.9 Å². The summed E-state index contributed by atoms with van der Waals surface area (Å²) in [6.45, 7) is 17.9. The number of rotatable bonds is 9. The fourth-order valence-corrected chi connectivity index (χ4v) is 3.61. The van der Waals surface area contributed by atoms with E-state index >= 15 is 0 Å². The summed E-state index contributed by atoms with van der Waals surface area (Å²) in [6.07, 6.45) is 4.01. The first-order valence-corrected chi connectivity index (χ1v) is 11.9. The summed E-state index contributed by atoms with van der Waals surface area (Å²) in [5.41, 5.74) is 2.12. The maximum atomic E-state index is 11.3. The monoisotopic (exact) mass is 442 g/mol. The molecule has 0 unspecified atom stereocenters. The van der Waals surface area contributed by atoms with Gasteiger partial charge in [-0.2, -0.15) is 0 Å². The van der Waals surface area contributed by atoms with Crippen molar-refractivity contribution in [1.82, 2.24) is 0 Å². The highest BCUT2D eigenvalue weighted by Gasteiger charge is 2.27. The Labute approximate surface area is 194 Å². The van der Waals surface area contributed by atoms with Crippen LogP contribution in [0.2, 0.25) is 0 Å². The third-order valence-corrected chi connectivity index (χ3v) is 5.61. The number of aromatic hydroxyl groups is 2. The van der Waals surface area contributed by atoms with Crippen LogP contribution < -0.4 is 9.47 Å². The van der Waals surface area contributed by atoms with Crippen LogP contribution in [0.5, 0.6) is 23.0 Å². The van der Waals surface area contributed by atoms with Crippen LogP contribution in [0, 0.1) is 0 Å². The van der Waals surface area contributed by atoms with Gasteiger partial charge < -0.3 is 19.7 Å². The van der Waals surface area contributed by atoms with Crippen molar-refractivity contribution < 1.29 is 19.7 Å². The van der Waals surface area contributed by atoms with E-state index in [1.165, 1.54) is 0 Å². The van der Waals surface area contributed by atoms with E-state index in [-0.39, 0.29) is 22.3 Å². The topological polar surface area (TPSA) is 58.9 Å². The van der Waals surface area contributed by atoms with Gasteiger partial charge in [0.05, 0.1) is 13.2 Å². The van der Waals surface area contributed by atoms with Crippen LogP contribution >= 0.6 is 0 Å². The Morgan fingerprint density at radius 1 is 0.625 bits per heavy atom. The lowest BCUT2D eigenvalue weighted by Crippen LogP contribution is -2.13. The zero-order valence-corrected chi connectivity index (χ0v) is 21.3. The van der Waals surface area contributed by atoms with Gasteiger partial charge in [0.15, 0.2) is 0 Å². The molecule has 0 aliphatic carbocycles. The van der Waals surface area contributed by atoms with Gasteiger partial charge in [0.2, 0.25) is 0 Å². The summed E-state index contributed by atoms with van der Waals surface area (Å²) in [5, 5.41) is 22.6. The van der Waals surface area contributed by atoms with Crippen molar-refractivity contribution in [2.24, 2.45) is 0 Å². The molecular formula is C28H42O4. The third kappa shape index (κ3) is 6.34. The Morgan fingerprint density at radius 3 is 1.25 bits per heavy atom. The van der Waals surface area contributed by atoms with Crippen LogP contribution in [0.15, 0.2) is 24.3 Å². The fourth-order valence-electron chi connectivity index (χ4n) is 3.61. The van der Waals surface area contributed by atoms with E-state index in [9.17, 15) is 10.2 Å². The molecule has 0 amide bonds. The lowest BCUT2D eigenvalue weighted by molar-refractivity contribution is 0.307. The second-order valence-corrected chi connectivity index (χ2v) is 10.6. The van der Waals surface area contributed by atoms with Crippen LogP contribution in [0.3, 0.4) is 0 Å². The van der Waals surface area contributed by atoms with Gasteiger partial charge >= 0.3 is 0 Å². The van der Waals surface area contributed by atoms with Crippen molar-refractivity contribution in [3.8, 4) is 34.1 Å². The molecule has 2 aromatic rings. The van der Waals surface area contributed by atoms with Gasteiger partial charge in [-0.3, -0.25) is 0 Å². The van der Waals surface area contributed by atoms with Crippen LogP contribution in [0.4, 0.5) is 0 Å². The van der Waals surface area contributed by atoms with Crippen LogP contribution in [-0.4, -0.2) is 23.4 Å². The maximum absolute atomic E-state index is 11.3. The van der Waals surface area contributed by atoms with E-state index in [4.69, 9.17) is 9.47 Å². The molecule has 0 saturated heterocycles. The van der Waals surface area contributed by atoms with Crippen molar-refractivity contribution in [1.29, 1.82) is 0 Å². The Hall–Kier alpha value is -2.36. The smallest absolute Gasteiger partial charge is 0.127 e. The van der Waals surface area contributed by atoms with Crippen molar-refractivity contribution >= 4 is 0 Å².